The van der Waals surface area contributed by atoms with Gasteiger partial charge in [0.15, 0.2) is 5.96 Å². The monoisotopic (exact) mass is 470 g/mol. The maximum Gasteiger partial charge on any atom is 0.191 e. The molecule has 0 aliphatic heterocycles. The summed E-state index contributed by atoms with van der Waals surface area (Å²) < 4.78 is 5.42. The molecule has 0 fully saturated rings. The summed E-state index contributed by atoms with van der Waals surface area (Å²) in [5, 5.41) is 19.5. The van der Waals surface area contributed by atoms with Gasteiger partial charge in [-0.1, -0.05) is 13.8 Å². The first-order valence-corrected chi connectivity index (χ1v) is 9.08. The van der Waals surface area contributed by atoms with Crippen LogP contribution in [-0.4, -0.2) is 55.0 Å². The highest BCUT2D eigenvalue weighted by atomic mass is 127. The van der Waals surface area contributed by atoms with E-state index in [1.807, 2.05) is 13.8 Å². The van der Waals surface area contributed by atoms with Gasteiger partial charge < -0.3 is 20.5 Å². The molecule has 0 bridgehead atoms. The fraction of sp³-hybridized carbons (Fsp3) is 0.750. The average Bonchev–Trinajstić information content (AvgIpc) is 2.90. The number of hydrogen-bond donors (Lipinski definition) is 3. The minimum absolute atomic E-state index is 0. The van der Waals surface area contributed by atoms with E-state index >= 15 is 0 Å². The maximum absolute atomic E-state index is 9.89. The molecule has 0 amide bonds. The quantitative estimate of drug-likeness (QED) is 0.278. The van der Waals surface area contributed by atoms with E-state index in [1.165, 1.54) is 0 Å². The van der Waals surface area contributed by atoms with Crippen molar-refractivity contribution in [3.05, 3.63) is 16.1 Å². The number of rotatable bonds is 10. The fourth-order valence-corrected chi connectivity index (χ4v) is 2.51. The van der Waals surface area contributed by atoms with Crippen molar-refractivity contribution < 1.29 is 9.84 Å². The Morgan fingerprint density at radius 3 is 2.71 bits per heavy atom. The molecule has 0 spiro atoms. The molecule has 0 saturated heterocycles. The molecule has 0 aliphatic rings. The minimum atomic E-state index is -0.578. The molecule has 24 heavy (non-hydrogen) atoms. The van der Waals surface area contributed by atoms with Crippen LogP contribution >= 0.6 is 35.3 Å². The highest BCUT2D eigenvalue weighted by molar-refractivity contribution is 14.0. The predicted octanol–water partition coefficient (Wildman–Crippen LogP) is 2.20. The second-order valence-corrected chi connectivity index (χ2v) is 6.90. The number of thiazole rings is 1. The lowest BCUT2D eigenvalue weighted by molar-refractivity contribution is 0.0301. The highest BCUT2D eigenvalue weighted by Crippen LogP contribution is 2.07. The number of aromatic nitrogens is 1. The Morgan fingerprint density at radius 1 is 1.38 bits per heavy atom. The Kier molecular flexibility index (Phi) is 13.5. The SMILES string of the molecule is CCNC(=NCC(O)COCC(C)C)NCCc1csc(C)n1.I. The molecule has 1 heterocycles. The van der Waals surface area contributed by atoms with Gasteiger partial charge in [-0.05, 0) is 19.8 Å². The fourth-order valence-electron chi connectivity index (χ4n) is 1.86. The number of nitrogens with one attached hydrogen (secondary N) is 2. The van der Waals surface area contributed by atoms with E-state index in [1.54, 1.807) is 11.3 Å². The van der Waals surface area contributed by atoms with Crippen molar-refractivity contribution >= 4 is 41.3 Å². The third kappa shape index (κ3) is 11.2. The van der Waals surface area contributed by atoms with Gasteiger partial charge in [0.05, 0.1) is 30.0 Å². The zero-order valence-corrected chi connectivity index (χ0v) is 18.2. The second-order valence-electron chi connectivity index (χ2n) is 5.84. The van der Waals surface area contributed by atoms with Crippen LogP contribution in [0.3, 0.4) is 0 Å². The maximum atomic E-state index is 9.89. The van der Waals surface area contributed by atoms with Crippen molar-refractivity contribution in [1.29, 1.82) is 0 Å². The summed E-state index contributed by atoms with van der Waals surface area (Å²) in [6.07, 6.45) is 0.278. The van der Waals surface area contributed by atoms with Crippen molar-refractivity contribution in [3.63, 3.8) is 0 Å². The number of aliphatic hydroxyl groups is 1. The van der Waals surface area contributed by atoms with Crippen LogP contribution in [0.2, 0.25) is 0 Å². The zero-order valence-electron chi connectivity index (χ0n) is 15.0. The van der Waals surface area contributed by atoms with Gasteiger partial charge >= 0.3 is 0 Å². The Labute approximate surface area is 166 Å². The van der Waals surface area contributed by atoms with E-state index in [4.69, 9.17) is 4.74 Å². The summed E-state index contributed by atoms with van der Waals surface area (Å²) in [6, 6.07) is 0. The largest absolute Gasteiger partial charge is 0.389 e. The van der Waals surface area contributed by atoms with E-state index < -0.39 is 6.10 Å². The Morgan fingerprint density at radius 2 is 2.12 bits per heavy atom. The number of hydrogen-bond acceptors (Lipinski definition) is 5. The number of aliphatic hydroxyl groups excluding tert-OH is 1. The van der Waals surface area contributed by atoms with Crippen LogP contribution in [0, 0.1) is 12.8 Å². The van der Waals surface area contributed by atoms with E-state index in [0.29, 0.717) is 31.6 Å². The van der Waals surface area contributed by atoms with Crippen molar-refractivity contribution in [2.75, 3.05) is 32.8 Å². The molecule has 1 atom stereocenters. The lowest BCUT2D eigenvalue weighted by Gasteiger charge is -2.13. The molecule has 8 heteroatoms. The van der Waals surface area contributed by atoms with E-state index in [9.17, 15) is 5.11 Å². The first-order chi connectivity index (χ1) is 11.0. The number of ether oxygens (including phenoxy) is 1. The van der Waals surface area contributed by atoms with Gasteiger partial charge in [0.2, 0.25) is 0 Å². The molecule has 1 unspecified atom stereocenters. The molecule has 3 N–H and O–H groups in total. The smallest absolute Gasteiger partial charge is 0.191 e. The Bertz CT molecular complexity index is 469. The summed E-state index contributed by atoms with van der Waals surface area (Å²) >= 11 is 1.67. The number of aliphatic imine (C=N–C) groups is 1. The van der Waals surface area contributed by atoms with Crippen LogP contribution in [0.4, 0.5) is 0 Å². The van der Waals surface area contributed by atoms with E-state index in [0.717, 1.165) is 30.2 Å². The Balaban J connectivity index is 0.00000529. The van der Waals surface area contributed by atoms with Gasteiger partial charge in [0.25, 0.3) is 0 Å². The lowest BCUT2D eigenvalue weighted by atomic mass is 10.2. The number of nitrogens with zero attached hydrogens (tertiary/aromatic N) is 2. The predicted molar refractivity (Wildman–Crippen MR) is 112 cm³/mol. The summed E-state index contributed by atoms with van der Waals surface area (Å²) in [7, 11) is 0. The molecule has 0 aromatic carbocycles. The molecule has 0 aliphatic carbocycles. The molecule has 6 nitrogen and oxygen atoms in total. The molecular weight excluding hydrogens is 439 g/mol. The van der Waals surface area contributed by atoms with Crippen LogP contribution in [0.5, 0.6) is 0 Å². The number of aryl methyl sites for hydroxylation is 1. The molecule has 1 rings (SSSR count). The zero-order chi connectivity index (χ0) is 17.1. The molecule has 0 radical (unpaired) electrons. The number of guanidine groups is 1. The molecule has 1 aromatic heterocycles. The van der Waals surface area contributed by atoms with Crippen LogP contribution in [0.25, 0.3) is 0 Å². The minimum Gasteiger partial charge on any atom is -0.389 e. The summed E-state index contributed by atoms with van der Waals surface area (Å²) in [5.41, 5.74) is 1.10. The highest BCUT2D eigenvalue weighted by Gasteiger charge is 2.06. The van der Waals surface area contributed by atoms with Gasteiger partial charge in [-0.15, -0.1) is 35.3 Å². The molecule has 140 valence electrons. The van der Waals surface area contributed by atoms with Gasteiger partial charge in [-0.25, -0.2) is 4.98 Å². The normalized spacial score (nSPS) is 12.8. The molecule has 1 aromatic rings. The van der Waals surface area contributed by atoms with Crippen molar-refractivity contribution in [2.45, 2.75) is 40.2 Å². The summed E-state index contributed by atoms with van der Waals surface area (Å²) in [5.74, 6) is 1.18. The van der Waals surface area contributed by atoms with Gasteiger partial charge in [0.1, 0.15) is 0 Å². The van der Waals surface area contributed by atoms with Crippen molar-refractivity contribution in [1.82, 2.24) is 15.6 Å². The van der Waals surface area contributed by atoms with Gasteiger partial charge in [-0.2, -0.15) is 0 Å². The first-order valence-electron chi connectivity index (χ1n) is 8.20. The average molecular weight is 470 g/mol. The summed E-state index contributed by atoms with van der Waals surface area (Å²) in [6.45, 7) is 11.0. The standard InChI is InChI=1S/C16H30N4O2S.HI/c1-5-17-16(18-7-6-14-11-23-13(4)20-14)19-8-15(21)10-22-9-12(2)3;/h11-12,15,21H,5-10H2,1-4H3,(H2,17,18,19);1H. The Hall–Kier alpha value is -0.450. The second kappa shape index (κ2) is 13.8. The van der Waals surface area contributed by atoms with Crippen LogP contribution in [0.1, 0.15) is 31.5 Å². The topological polar surface area (TPSA) is 78.8 Å². The van der Waals surface area contributed by atoms with E-state index in [-0.39, 0.29) is 24.0 Å². The molecule has 0 saturated carbocycles. The number of halogens is 1. The van der Waals surface area contributed by atoms with Crippen LogP contribution in [-0.2, 0) is 11.2 Å². The van der Waals surface area contributed by atoms with Crippen LogP contribution < -0.4 is 10.6 Å². The lowest BCUT2D eigenvalue weighted by Crippen LogP contribution is -2.39. The van der Waals surface area contributed by atoms with Crippen LogP contribution in [0.15, 0.2) is 10.4 Å². The third-order valence-electron chi connectivity index (χ3n) is 2.91. The third-order valence-corrected chi connectivity index (χ3v) is 3.73. The van der Waals surface area contributed by atoms with Crippen molar-refractivity contribution in [2.24, 2.45) is 10.9 Å². The van der Waals surface area contributed by atoms with Crippen molar-refractivity contribution in [3.8, 4) is 0 Å². The molecular formula is C16H31IN4O2S. The summed E-state index contributed by atoms with van der Waals surface area (Å²) in [4.78, 5) is 8.83. The van der Waals surface area contributed by atoms with E-state index in [2.05, 4.69) is 39.8 Å². The first kappa shape index (κ1) is 23.5. The van der Waals surface area contributed by atoms with Gasteiger partial charge in [0, 0.05) is 31.5 Å². The van der Waals surface area contributed by atoms with Gasteiger partial charge in [-0.3, -0.25) is 4.99 Å².